The monoisotopic (exact) mass is 489 g/mol. The number of carbonyl (C=O) groups is 3. The average Bonchev–Trinajstić information content (AvgIpc) is 2.68. The van der Waals surface area contributed by atoms with Crippen LogP contribution in [-0.4, -0.2) is 35.1 Å². The summed E-state index contributed by atoms with van der Waals surface area (Å²) in [5, 5.41) is 17.5. The number of hydrogen-bond donors (Lipinski definition) is 4. The fraction of sp³-hybridized carbons (Fsp3) is 0.348. The Hall–Kier alpha value is -2.87. The Morgan fingerprint density at radius 2 is 1.58 bits per heavy atom. The van der Waals surface area contributed by atoms with Gasteiger partial charge in [0.05, 0.1) is 6.42 Å². The van der Waals surface area contributed by atoms with Crippen LogP contribution in [0.25, 0.3) is 0 Å². The Morgan fingerprint density at radius 3 is 2.13 bits per heavy atom. The number of rotatable bonds is 8. The van der Waals surface area contributed by atoms with Gasteiger partial charge < -0.3 is 21.1 Å². The van der Waals surface area contributed by atoms with Gasteiger partial charge in [-0.3, -0.25) is 9.59 Å². The first-order valence-corrected chi connectivity index (χ1v) is 10.7. The zero-order valence-electron chi connectivity index (χ0n) is 17.8. The third-order valence-corrected chi connectivity index (χ3v) is 5.28. The second-order valence-electron chi connectivity index (χ2n) is 8.37. The lowest BCUT2D eigenvalue weighted by molar-refractivity contribution is -0.138. The molecule has 7 nitrogen and oxygen atoms in total. The van der Waals surface area contributed by atoms with Gasteiger partial charge in [0.1, 0.15) is 6.04 Å². The van der Waals surface area contributed by atoms with Gasteiger partial charge in [-0.15, -0.1) is 0 Å². The summed E-state index contributed by atoms with van der Waals surface area (Å²) in [6, 6.07) is 14.4. The maximum Gasteiger partial charge on any atom is 0.319 e. The lowest BCUT2D eigenvalue weighted by Crippen LogP contribution is -2.54. The van der Waals surface area contributed by atoms with Crippen molar-refractivity contribution in [3.05, 3.63) is 64.6 Å². The van der Waals surface area contributed by atoms with Crippen LogP contribution in [0, 0.1) is 5.41 Å². The fourth-order valence-corrected chi connectivity index (χ4v) is 3.20. The van der Waals surface area contributed by atoms with Crippen LogP contribution in [0.3, 0.4) is 0 Å². The Labute approximate surface area is 190 Å². The molecule has 0 aliphatic carbocycles. The molecule has 1 unspecified atom stereocenters. The molecule has 2 aromatic carbocycles. The van der Waals surface area contributed by atoms with Gasteiger partial charge in [-0.05, 0) is 35.2 Å². The molecule has 2 atom stereocenters. The number of urea groups is 1. The van der Waals surface area contributed by atoms with E-state index in [0.29, 0.717) is 5.69 Å². The van der Waals surface area contributed by atoms with Crippen LogP contribution in [0.4, 0.5) is 10.5 Å². The third-order valence-electron chi connectivity index (χ3n) is 4.75. The number of amides is 3. The summed E-state index contributed by atoms with van der Waals surface area (Å²) in [6.45, 7) is 5.59. The van der Waals surface area contributed by atoms with Crippen LogP contribution in [-0.2, 0) is 16.0 Å². The van der Waals surface area contributed by atoms with Crippen molar-refractivity contribution in [2.24, 2.45) is 5.41 Å². The fourth-order valence-electron chi connectivity index (χ4n) is 2.94. The Balaban J connectivity index is 2.16. The van der Waals surface area contributed by atoms with E-state index < -0.39 is 35.4 Å². The standard InChI is InChI=1S/C23H28BrN3O4/c1-23(2,3)19(14-20(28)29)27-21(30)18(13-15-7-5-4-6-8-15)26-22(31)25-17-11-9-16(24)10-12-17/h4-12,18-19H,13-14H2,1-3H3,(H,27,30)(H,28,29)(H2,25,26,31)/t18-,19?/m0/s1. The van der Waals surface area contributed by atoms with Crippen LogP contribution in [0.5, 0.6) is 0 Å². The predicted octanol–water partition coefficient (Wildman–Crippen LogP) is 4.19. The smallest absolute Gasteiger partial charge is 0.319 e. The summed E-state index contributed by atoms with van der Waals surface area (Å²) >= 11 is 3.34. The maximum atomic E-state index is 13.1. The lowest BCUT2D eigenvalue weighted by Gasteiger charge is -2.32. The normalized spacial score (nSPS) is 13.0. The van der Waals surface area contributed by atoms with E-state index in [1.165, 1.54) is 0 Å². The van der Waals surface area contributed by atoms with E-state index in [0.717, 1.165) is 10.0 Å². The summed E-state index contributed by atoms with van der Waals surface area (Å²) in [7, 11) is 0. The van der Waals surface area contributed by atoms with Crippen LogP contribution in [0.1, 0.15) is 32.8 Å². The first-order chi connectivity index (χ1) is 14.5. The van der Waals surface area contributed by atoms with Crippen LogP contribution in [0.15, 0.2) is 59.1 Å². The van der Waals surface area contributed by atoms with Gasteiger partial charge in [-0.2, -0.15) is 0 Å². The minimum absolute atomic E-state index is 0.210. The van der Waals surface area contributed by atoms with E-state index in [1.54, 1.807) is 24.3 Å². The van der Waals surface area contributed by atoms with Gasteiger partial charge in [0.25, 0.3) is 0 Å². The second-order valence-corrected chi connectivity index (χ2v) is 9.29. The number of carbonyl (C=O) groups excluding carboxylic acids is 2. The molecular formula is C23H28BrN3O4. The highest BCUT2D eigenvalue weighted by molar-refractivity contribution is 9.10. The first-order valence-electron chi connectivity index (χ1n) is 9.94. The summed E-state index contributed by atoms with van der Waals surface area (Å²) < 4.78 is 0.881. The van der Waals surface area contributed by atoms with Crippen molar-refractivity contribution >= 4 is 39.5 Å². The summed E-state index contributed by atoms with van der Waals surface area (Å²) in [5.74, 6) is -1.43. The first kappa shape index (κ1) is 24.4. The number of carboxylic acid groups (broad SMARTS) is 1. The third kappa shape index (κ3) is 8.41. The predicted molar refractivity (Wildman–Crippen MR) is 124 cm³/mol. The second kappa shape index (κ2) is 10.9. The molecule has 8 heteroatoms. The van der Waals surface area contributed by atoms with Crippen molar-refractivity contribution in [3.63, 3.8) is 0 Å². The number of aliphatic carboxylic acids is 1. The molecule has 4 N–H and O–H groups in total. The van der Waals surface area contributed by atoms with Gasteiger partial charge in [-0.25, -0.2) is 4.79 Å². The summed E-state index contributed by atoms with van der Waals surface area (Å²) in [5.41, 5.74) is 0.987. The van der Waals surface area contributed by atoms with Crippen molar-refractivity contribution < 1.29 is 19.5 Å². The number of carboxylic acids is 1. The molecule has 2 aromatic rings. The molecular weight excluding hydrogens is 462 g/mol. The quantitative estimate of drug-likeness (QED) is 0.445. The highest BCUT2D eigenvalue weighted by Gasteiger charge is 2.31. The zero-order chi connectivity index (χ0) is 23.0. The molecule has 0 aromatic heterocycles. The minimum atomic E-state index is -0.999. The number of benzene rings is 2. The van der Waals surface area contributed by atoms with Crippen molar-refractivity contribution in [1.29, 1.82) is 0 Å². The molecule has 0 heterocycles. The van der Waals surface area contributed by atoms with Crippen molar-refractivity contribution in [1.82, 2.24) is 10.6 Å². The van der Waals surface area contributed by atoms with E-state index in [4.69, 9.17) is 0 Å². The largest absolute Gasteiger partial charge is 0.481 e. The van der Waals surface area contributed by atoms with Crippen LogP contribution >= 0.6 is 15.9 Å². The van der Waals surface area contributed by atoms with Crippen molar-refractivity contribution in [3.8, 4) is 0 Å². The van der Waals surface area contributed by atoms with Crippen molar-refractivity contribution in [2.75, 3.05) is 5.32 Å². The van der Waals surface area contributed by atoms with E-state index in [9.17, 15) is 19.5 Å². The van der Waals surface area contributed by atoms with E-state index in [2.05, 4.69) is 31.9 Å². The van der Waals surface area contributed by atoms with Gasteiger partial charge in [0.15, 0.2) is 0 Å². The molecule has 0 saturated heterocycles. The molecule has 0 saturated carbocycles. The SMILES string of the molecule is CC(C)(C)C(CC(=O)O)NC(=O)[C@H](Cc1ccccc1)NC(=O)Nc1ccc(Br)cc1. The Morgan fingerprint density at radius 1 is 0.968 bits per heavy atom. The van der Waals surface area contributed by atoms with E-state index in [1.807, 2.05) is 51.1 Å². The van der Waals surface area contributed by atoms with Crippen LogP contribution < -0.4 is 16.0 Å². The molecule has 31 heavy (non-hydrogen) atoms. The molecule has 3 amide bonds. The summed E-state index contributed by atoms with van der Waals surface area (Å²) in [6.07, 6.45) is 0.0583. The molecule has 0 aliphatic heterocycles. The van der Waals surface area contributed by atoms with Gasteiger partial charge >= 0.3 is 12.0 Å². The van der Waals surface area contributed by atoms with Crippen molar-refractivity contribution in [2.45, 2.75) is 45.7 Å². The van der Waals surface area contributed by atoms with E-state index >= 15 is 0 Å². The molecule has 166 valence electrons. The molecule has 0 aliphatic rings. The van der Waals surface area contributed by atoms with Crippen LogP contribution in [0.2, 0.25) is 0 Å². The zero-order valence-corrected chi connectivity index (χ0v) is 19.4. The number of nitrogens with one attached hydrogen (secondary N) is 3. The number of halogens is 1. The molecule has 0 radical (unpaired) electrons. The molecule has 2 rings (SSSR count). The van der Waals surface area contributed by atoms with Gasteiger partial charge in [0.2, 0.25) is 5.91 Å². The molecule has 0 spiro atoms. The van der Waals surface area contributed by atoms with E-state index in [-0.39, 0.29) is 12.8 Å². The highest BCUT2D eigenvalue weighted by Crippen LogP contribution is 2.22. The number of anilines is 1. The topological polar surface area (TPSA) is 108 Å². The highest BCUT2D eigenvalue weighted by atomic mass is 79.9. The van der Waals surface area contributed by atoms with Gasteiger partial charge in [-0.1, -0.05) is 67.0 Å². The minimum Gasteiger partial charge on any atom is -0.481 e. The summed E-state index contributed by atoms with van der Waals surface area (Å²) in [4.78, 5) is 36.9. The average molecular weight is 490 g/mol. The lowest BCUT2D eigenvalue weighted by atomic mass is 9.84. The molecule has 0 bridgehead atoms. The molecule has 0 fully saturated rings. The Kier molecular flexibility index (Phi) is 8.62. The number of hydrogen-bond acceptors (Lipinski definition) is 3. The Bertz CT molecular complexity index is 895. The maximum absolute atomic E-state index is 13.1. The van der Waals surface area contributed by atoms with Gasteiger partial charge in [0, 0.05) is 22.6 Å².